The van der Waals surface area contributed by atoms with Crippen molar-refractivity contribution in [3.8, 4) is 17.1 Å². The zero-order chi connectivity index (χ0) is 20.6. The summed E-state index contributed by atoms with van der Waals surface area (Å²) in [7, 11) is 0. The van der Waals surface area contributed by atoms with Crippen molar-refractivity contribution in [1.82, 2.24) is 9.55 Å². The molecule has 28 heavy (non-hydrogen) atoms. The van der Waals surface area contributed by atoms with Gasteiger partial charge in [0.1, 0.15) is 16.0 Å². The maximum absolute atomic E-state index is 12.7. The molecule has 0 fully saturated rings. The average Bonchev–Trinajstić information content (AvgIpc) is 2.91. The third kappa shape index (κ3) is 4.54. The van der Waals surface area contributed by atoms with Crippen LogP contribution in [0, 0.1) is 0 Å². The summed E-state index contributed by atoms with van der Waals surface area (Å²) in [6, 6.07) is 12.2. The van der Waals surface area contributed by atoms with E-state index in [1.54, 1.807) is 55.7 Å². The van der Waals surface area contributed by atoms with Crippen LogP contribution < -0.4 is 0 Å². The highest BCUT2D eigenvalue weighted by Crippen LogP contribution is 2.36. The molecule has 146 valence electrons. The normalized spacial score (nSPS) is 11.5. The van der Waals surface area contributed by atoms with Crippen LogP contribution in [0.3, 0.4) is 0 Å². The van der Waals surface area contributed by atoms with Crippen molar-refractivity contribution in [3.63, 3.8) is 0 Å². The standard InChI is InChI=1S/C20H16BrCl3N2O2/c1-20(2,3)28-19(27)16-17(21)26(13-7-4-11(22)5-8-13)18(25-16)14-9-6-12(23)10-15(14)24/h4-10H,1-3H3. The number of rotatable bonds is 3. The number of esters is 1. The van der Waals surface area contributed by atoms with Crippen LogP contribution in [0.5, 0.6) is 0 Å². The second-order valence-electron chi connectivity index (χ2n) is 7.01. The second-order valence-corrected chi connectivity index (χ2v) is 9.04. The molecule has 0 spiro atoms. The fourth-order valence-corrected chi connectivity index (χ4v) is 3.78. The first-order valence-electron chi connectivity index (χ1n) is 8.30. The molecule has 0 saturated carbocycles. The van der Waals surface area contributed by atoms with E-state index in [2.05, 4.69) is 20.9 Å². The van der Waals surface area contributed by atoms with Crippen molar-refractivity contribution < 1.29 is 9.53 Å². The first kappa shape index (κ1) is 21.2. The molecule has 0 bridgehead atoms. The molecular weight excluding hydrogens is 486 g/mol. The number of ether oxygens (including phenoxy) is 1. The van der Waals surface area contributed by atoms with Crippen molar-refractivity contribution in [2.45, 2.75) is 26.4 Å². The molecule has 0 unspecified atom stereocenters. The van der Waals surface area contributed by atoms with Gasteiger partial charge in [-0.15, -0.1) is 0 Å². The molecule has 0 radical (unpaired) electrons. The Bertz CT molecular complexity index is 1040. The molecule has 1 heterocycles. The average molecular weight is 503 g/mol. The minimum atomic E-state index is -0.654. The summed E-state index contributed by atoms with van der Waals surface area (Å²) < 4.78 is 7.71. The maximum atomic E-state index is 12.7. The van der Waals surface area contributed by atoms with Gasteiger partial charge in [0.15, 0.2) is 5.69 Å². The van der Waals surface area contributed by atoms with E-state index in [9.17, 15) is 4.79 Å². The Kier molecular flexibility index (Phi) is 6.11. The van der Waals surface area contributed by atoms with Gasteiger partial charge < -0.3 is 4.74 Å². The molecule has 3 rings (SSSR count). The smallest absolute Gasteiger partial charge is 0.360 e. The summed E-state index contributed by atoms with van der Waals surface area (Å²) >= 11 is 22.0. The first-order chi connectivity index (χ1) is 13.1. The lowest BCUT2D eigenvalue weighted by Gasteiger charge is -2.18. The van der Waals surface area contributed by atoms with E-state index < -0.39 is 11.6 Å². The van der Waals surface area contributed by atoms with Crippen LogP contribution in [0.25, 0.3) is 17.1 Å². The van der Waals surface area contributed by atoms with E-state index in [0.717, 1.165) is 5.69 Å². The Morgan fingerprint density at radius 1 is 1.04 bits per heavy atom. The van der Waals surface area contributed by atoms with E-state index in [-0.39, 0.29) is 5.69 Å². The van der Waals surface area contributed by atoms with Crippen molar-refractivity contribution in [2.75, 3.05) is 0 Å². The van der Waals surface area contributed by atoms with Crippen LogP contribution >= 0.6 is 50.7 Å². The number of benzene rings is 2. The number of aromatic nitrogens is 2. The van der Waals surface area contributed by atoms with Crippen molar-refractivity contribution in [3.05, 3.63) is 67.8 Å². The highest BCUT2D eigenvalue weighted by Gasteiger charge is 2.27. The largest absolute Gasteiger partial charge is 0.455 e. The summed E-state index contributed by atoms with van der Waals surface area (Å²) in [6.45, 7) is 5.39. The van der Waals surface area contributed by atoms with E-state index in [4.69, 9.17) is 39.5 Å². The third-order valence-electron chi connectivity index (χ3n) is 3.67. The molecule has 0 N–H and O–H groups in total. The van der Waals surface area contributed by atoms with Crippen LogP contribution in [0.15, 0.2) is 47.1 Å². The first-order valence-corrected chi connectivity index (χ1v) is 10.2. The van der Waals surface area contributed by atoms with E-state index >= 15 is 0 Å². The number of halogens is 4. The lowest BCUT2D eigenvalue weighted by Crippen LogP contribution is -2.24. The highest BCUT2D eigenvalue weighted by atomic mass is 79.9. The summed E-state index contributed by atoms with van der Waals surface area (Å²) in [6.07, 6.45) is 0. The molecule has 0 atom stereocenters. The number of hydrogen-bond donors (Lipinski definition) is 0. The second kappa shape index (κ2) is 8.07. The fraction of sp³-hybridized carbons (Fsp3) is 0.200. The number of imidazole rings is 1. The number of carbonyl (C=O) groups is 1. The van der Waals surface area contributed by atoms with Gasteiger partial charge in [-0.2, -0.15) is 0 Å². The summed E-state index contributed by atoms with van der Waals surface area (Å²) in [4.78, 5) is 17.2. The summed E-state index contributed by atoms with van der Waals surface area (Å²) in [5.41, 5.74) is 0.862. The molecule has 0 saturated heterocycles. The molecule has 1 aromatic heterocycles. The van der Waals surface area contributed by atoms with Crippen LogP contribution in [0.1, 0.15) is 31.3 Å². The number of hydrogen-bond acceptors (Lipinski definition) is 3. The number of nitrogens with zero attached hydrogens (tertiary/aromatic N) is 2. The van der Waals surface area contributed by atoms with Gasteiger partial charge >= 0.3 is 5.97 Å². The quantitative estimate of drug-likeness (QED) is 0.355. The van der Waals surface area contributed by atoms with Crippen molar-refractivity contribution in [2.24, 2.45) is 0 Å². The van der Waals surface area contributed by atoms with Gasteiger partial charge in [0.2, 0.25) is 0 Å². The topological polar surface area (TPSA) is 44.1 Å². The van der Waals surface area contributed by atoms with Crippen LogP contribution in [-0.2, 0) is 4.74 Å². The van der Waals surface area contributed by atoms with Crippen LogP contribution in [0.2, 0.25) is 15.1 Å². The SMILES string of the molecule is CC(C)(C)OC(=O)c1nc(-c2ccc(Cl)cc2Cl)n(-c2ccc(Cl)cc2)c1Br. The van der Waals surface area contributed by atoms with Crippen LogP contribution in [0.4, 0.5) is 0 Å². The zero-order valence-electron chi connectivity index (χ0n) is 15.3. The lowest BCUT2D eigenvalue weighted by atomic mass is 10.2. The summed E-state index contributed by atoms with van der Waals surface area (Å²) in [5.74, 6) is -0.0739. The summed E-state index contributed by atoms with van der Waals surface area (Å²) in [5, 5.41) is 1.51. The van der Waals surface area contributed by atoms with Crippen molar-refractivity contribution >= 4 is 56.7 Å². The van der Waals surface area contributed by atoms with Gasteiger partial charge in [0.25, 0.3) is 0 Å². The minimum Gasteiger partial charge on any atom is -0.455 e. The Labute approximate surface area is 186 Å². The molecule has 0 aliphatic carbocycles. The lowest BCUT2D eigenvalue weighted by molar-refractivity contribution is 0.00623. The van der Waals surface area contributed by atoms with E-state index in [1.165, 1.54) is 0 Å². The van der Waals surface area contributed by atoms with Gasteiger partial charge in [-0.05, 0) is 79.2 Å². The van der Waals surface area contributed by atoms with Crippen LogP contribution in [-0.4, -0.2) is 21.1 Å². The molecule has 0 amide bonds. The number of carbonyl (C=O) groups excluding carboxylic acids is 1. The molecule has 8 heteroatoms. The predicted octanol–water partition coefficient (Wildman–Crippen LogP) is 7.22. The van der Waals surface area contributed by atoms with E-state index in [1.807, 2.05) is 12.1 Å². The Hall–Kier alpha value is -1.53. The molecule has 3 aromatic rings. The minimum absolute atomic E-state index is 0.144. The Morgan fingerprint density at radius 2 is 1.64 bits per heavy atom. The molecule has 4 nitrogen and oxygen atoms in total. The van der Waals surface area contributed by atoms with Gasteiger partial charge in [0, 0.05) is 21.3 Å². The predicted molar refractivity (Wildman–Crippen MR) is 117 cm³/mol. The molecular formula is C20H16BrCl3N2O2. The van der Waals surface area contributed by atoms with Gasteiger partial charge in [-0.3, -0.25) is 4.57 Å². The van der Waals surface area contributed by atoms with Gasteiger partial charge in [-0.1, -0.05) is 34.8 Å². The Morgan fingerprint density at radius 3 is 2.21 bits per heavy atom. The van der Waals surface area contributed by atoms with Crippen molar-refractivity contribution in [1.29, 1.82) is 0 Å². The molecule has 2 aromatic carbocycles. The van der Waals surface area contributed by atoms with Gasteiger partial charge in [-0.25, -0.2) is 9.78 Å². The monoisotopic (exact) mass is 500 g/mol. The maximum Gasteiger partial charge on any atom is 0.360 e. The van der Waals surface area contributed by atoms with E-state index in [0.29, 0.717) is 31.1 Å². The third-order valence-corrected chi connectivity index (χ3v) is 5.20. The zero-order valence-corrected chi connectivity index (χ0v) is 19.1. The van der Waals surface area contributed by atoms with Gasteiger partial charge in [0.05, 0.1) is 5.02 Å². The molecule has 0 aliphatic rings. The Balaban J connectivity index is 2.23. The molecule has 0 aliphatic heterocycles. The fourth-order valence-electron chi connectivity index (χ4n) is 2.53. The highest BCUT2D eigenvalue weighted by molar-refractivity contribution is 9.10.